The van der Waals surface area contributed by atoms with Gasteiger partial charge in [-0.15, -0.1) is 15.6 Å². The maximum atomic E-state index is 13.9. The van der Waals surface area contributed by atoms with Crippen LogP contribution in [0.1, 0.15) is 49.5 Å². The summed E-state index contributed by atoms with van der Waals surface area (Å²) >= 11 is 7.64. The van der Waals surface area contributed by atoms with E-state index < -0.39 is 21.7 Å². The number of sulfonamides is 1. The predicted molar refractivity (Wildman–Crippen MR) is 207 cm³/mol. The summed E-state index contributed by atoms with van der Waals surface area (Å²) in [5.74, 6) is 0.362. The molecule has 0 bridgehead atoms. The average molecular weight is 779 g/mol. The molecule has 0 saturated carbocycles. The smallest absolute Gasteiger partial charge is 0.430 e. The largest absolute Gasteiger partial charge is 0.455 e. The number of nitriles is 1. The number of amides is 1. The third-order valence-corrected chi connectivity index (χ3v) is 11.2. The molecule has 3 heterocycles. The van der Waals surface area contributed by atoms with E-state index in [1.807, 2.05) is 29.0 Å². The van der Waals surface area contributed by atoms with Crippen LogP contribution in [0.4, 0.5) is 10.6 Å². The van der Waals surface area contributed by atoms with Crippen molar-refractivity contribution in [3.05, 3.63) is 142 Å². The van der Waals surface area contributed by atoms with Gasteiger partial charge in [-0.1, -0.05) is 72.3 Å². The third-order valence-electron chi connectivity index (χ3n) is 8.74. The van der Waals surface area contributed by atoms with E-state index in [1.54, 1.807) is 45.2 Å². The molecule has 0 spiro atoms. The molecule has 1 aliphatic rings. The Kier molecular flexibility index (Phi) is 10.3. The third kappa shape index (κ3) is 7.60. The number of nitrogens with zero attached hydrogens (tertiary/aromatic N) is 6. The number of thiazole rings is 1. The van der Waals surface area contributed by atoms with Crippen molar-refractivity contribution < 1.29 is 22.7 Å². The SMILES string of the molecule is CC(C)(C)OC(=O)N(c1cscn1)S(=O)(=O)c1ccc(Oc2ccc(Cl)cc2-c2ccnn2C2CN(C(c3ccccc3)c3ccccc3)C2)c(C#N)c1. The molecule has 274 valence electrons. The number of likely N-dealkylation sites (tertiary alicyclic amines) is 1. The summed E-state index contributed by atoms with van der Waals surface area (Å²) in [4.78, 5) is 19.3. The molecule has 11 nitrogen and oxygen atoms in total. The minimum Gasteiger partial charge on any atom is -0.455 e. The van der Waals surface area contributed by atoms with Crippen LogP contribution in [0.2, 0.25) is 5.02 Å². The molecule has 1 aliphatic heterocycles. The van der Waals surface area contributed by atoms with Crippen LogP contribution in [-0.2, 0) is 14.8 Å². The summed E-state index contributed by atoms with van der Waals surface area (Å²) in [6.45, 7) is 6.37. The van der Waals surface area contributed by atoms with Crippen LogP contribution in [0.15, 0.2) is 125 Å². The number of hydrogen-bond acceptors (Lipinski definition) is 10. The molecular weight excluding hydrogens is 744 g/mol. The maximum absolute atomic E-state index is 13.9. The van der Waals surface area contributed by atoms with Crippen LogP contribution < -0.4 is 9.04 Å². The Morgan fingerprint density at radius 3 is 2.24 bits per heavy atom. The van der Waals surface area contributed by atoms with Gasteiger partial charge < -0.3 is 9.47 Å². The molecule has 0 aliphatic carbocycles. The van der Waals surface area contributed by atoms with Gasteiger partial charge in [0.2, 0.25) is 0 Å². The van der Waals surface area contributed by atoms with Crippen molar-refractivity contribution in [2.75, 3.05) is 17.4 Å². The highest BCUT2D eigenvalue weighted by Gasteiger charge is 2.38. The van der Waals surface area contributed by atoms with Crippen molar-refractivity contribution in [3.63, 3.8) is 0 Å². The standard InChI is InChI=1S/C40H35ClN6O5S2/c1-40(2,3)52-39(48)47(37-25-53-26-43-37)54(49,50)32-15-17-35(29(20-32)22-42)51-36-16-14-30(41)21-33(36)34-18-19-44-46(34)31-23-45(24-31)38(27-10-6-4-7-11-27)28-12-8-5-9-13-28/h4-21,25-26,31,38H,23-24H2,1-3H3. The lowest BCUT2D eigenvalue weighted by atomic mass is 9.93. The highest BCUT2D eigenvalue weighted by atomic mass is 35.5. The average Bonchev–Trinajstić information content (AvgIpc) is 3.83. The Balaban J connectivity index is 1.16. The monoisotopic (exact) mass is 778 g/mol. The van der Waals surface area contributed by atoms with Gasteiger partial charge in [-0.2, -0.15) is 10.4 Å². The van der Waals surface area contributed by atoms with Crippen molar-refractivity contribution in [2.24, 2.45) is 0 Å². The van der Waals surface area contributed by atoms with E-state index in [1.165, 1.54) is 34.2 Å². The molecule has 0 radical (unpaired) electrons. The van der Waals surface area contributed by atoms with Gasteiger partial charge in [0.15, 0.2) is 5.82 Å². The first-order valence-electron chi connectivity index (χ1n) is 17.0. The highest BCUT2D eigenvalue weighted by Crippen LogP contribution is 2.41. The Morgan fingerprint density at radius 1 is 0.963 bits per heavy atom. The second-order valence-electron chi connectivity index (χ2n) is 13.6. The van der Waals surface area contributed by atoms with Gasteiger partial charge >= 0.3 is 6.09 Å². The predicted octanol–water partition coefficient (Wildman–Crippen LogP) is 9.10. The Labute approximate surface area is 322 Å². The summed E-state index contributed by atoms with van der Waals surface area (Å²) in [7, 11) is -4.56. The zero-order chi connectivity index (χ0) is 38.0. The number of aromatic nitrogens is 3. The number of rotatable bonds is 10. The summed E-state index contributed by atoms with van der Waals surface area (Å²) in [6.07, 6.45) is 0.605. The zero-order valence-electron chi connectivity index (χ0n) is 29.5. The molecule has 14 heteroatoms. The fourth-order valence-corrected chi connectivity index (χ4v) is 8.40. The molecule has 0 N–H and O–H groups in total. The molecular formula is C40H35ClN6O5S2. The number of hydrogen-bond donors (Lipinski definition) is 0. The molecule has 1 amide bonds. The molecule has 54 heavy (non-hydrogen) atoms. The Bertz CT molecular complexity index is 2380. The number of carbonyl (C=O) groups is 1. The van der Waals surface area contributed by atoms with E-state index in [0.29, 0.717) is 20.6 Å². The number of anilines is 1. The lowest BCUT2D eigenvalue weighted by Crippen LogP contribution is -2.50. The quantitative estimate of drug-likeness (QED) is 0.134. The fraction of sp³-hybridized carbons (Fsp3) is 0.200. The van der Waals surface area contributed by atoms with Crippen LogP contribution in [0.25, 0.3) is 11.3 Å². The molecule has 0 unspecified atom stereocenters. The van der Waals surface area contributed by atoms with Gasteiger partial charge in [0.05, 0.1) is 33.7 Å². The molecule has 6 aromatic rings. The zero-order valence-corrected chi connectivity index (χ0v) is 31.9. The number of carbonyl (C=O) groups excluding carboxylic acids is 1. The van der Waals surface area contributed by atoms with Gasteiger partial charge in [-0.3, -0.25) is 9.58 Å². The van der Waals surface area contributed by atoms with E-state index in [9.17, 15) is 18.5 Å². The van der Waals surface area contributed by atoms with Crippen LogP contribution in [-0.4, -0.2) is 52.9 Å². The van der Waals surface area contributed by atoms with Crippen LogP contribution in [0.3, 0.4) is 0 Å². The minimum absolute atomic E-state index is 0.0570. The number of halogens is 1. The molecule has 1 fully saturated rings. The van der Waals surface area contributed by atoms with E-state index in [0.717, 1.165) is 36.2 Å². The van der Waals surface area contributed by atoms with Crippen LogP contribution in [0.5, 0.6) is 11.5 Å². The van der Waals surface area contributed by atoms with Gasteiger partial charge in [0.1, 0.15) is 23.2 Å². The van der Waals surface area contributed by atoms with Gasteiger partial charge in [0.25, 0.3) is 10.0 Å². The van der Waals surface area contributed by atoms with E-state index >= 15 is 0 Å². The maximum Gasteiger partial charge on any atom is 0.430 e. The molecule has 2 aromatic heterocycles. The van der Waals surface area contributed by atoms with E-state index in [2.05, 4.69) is 58.4 Å². The van der Waals surface area contributed by atoms with E-state index in [4.69, 9.17) is 26.2 Å². The van der Waals surface area contributed by atoms with Gasteiger partial charge in [-0.05, 0) is 74.4 Å². The lowest BCUT2D eigenvalue weighted by Gasteiger charge is -2.45. The summed E-state index contributed by atoms with van der Waals surface area (Å²) in [5.41, 5.74) is 4.18. The topological polar surface area (TPSA) is 131 Å². The van der Waals surface area contributed by atoms with Gasteiger partial charge in [0, 0.05) is 35.3 Å². The Hall–Kier alpha value is -5.52. The summed E-state index contributed by atoms with van der Waals surface area (Å²) in [5, 5.41) is 16.8. The summed E-state index contributed by atoms with van der Waals surface area (Å²) in [6, 6.07) is 33.9. The lowest BCUT2D eigenvalue weighted by molar-refractivity contribution is 0.0608. The van der Waals surface area contributed by atoms with Crippen molar-refractivity contribution in [2.45, 2.75) is 43.4 Å². The first-order chi connectivity index (χ1) is 25.9. The van der Waals surface area contributed by atoms with Gasteiger partial charge in [-0.25, -0.2) is 18.2 Å². The summed E-state index contributed by atoms with van der Waals surface area (Å²) < 4.78 is 42.0. The number of ether oxygens (including phenoxy) is 2. The minimum atomic E-state index is -4.56. The van der Waals surface area contributed by atoms with Crippen molar-refractivity contribution in [3.8, 4) is 28.8 Å². The molecule has 1 saturated heterocycles. The highest BCUT2D eigenvalue weighted by molar-refractivity contribution is 7.93. The second kappa shape index (κ2) is 15.1. The second-order valence-corrected chi connectivity index (χ2v) is 16.5. The first kappa shape index (κ1) is 36.8. The van der Waals surface area contributed by atoms with E-state index in [-0.39, 0.29) is 34.1 Å². The Morgan fingerprint density at radius 2 is 1.63 bits per heavy atom. The molecule has 0 atom stereocenters. The van der Waals surface area contributed by atoms with Crippen molar-refractivity contribution in [1.29, 1.82) is 5.26 Å². The first-order valence-corrected chi connectivity index (χ1v) is 19.7. The van der Waals surface area contributed by atoms with Crippen LogP contribution >= 0.6 is 22.9 Å². The molecule has 4 aromatic carbocycles. The fourth-order valence-electron chi connectivity index (χ4n) is 6.34. The van der Waals surface area contributed by atoms with Crippen molar-refractivity contribution >= 4 is 44.9 Å². The van der Waals surface area contributed by atoms with Crippen LogP contribution in [0, 0.1) is 11.3 Å². The normalized spacial score (nSPS) is 13.6. The van der Waals surface area contributed by atoms with Crippen molar-refractivity contribution in [1.82, 2.24) is 19.7 Å². The number of benzene rings is 4. The molecule has 7 rings (SSSR count).